The van der Waals surface area contributed by atoms with Gasteiger partial charge in [-0.2, -0.15) is 0 Å². The van der Waals surface area contributed by atoms with Crippen LogP contribution in [0.25, 0.3) is 22.3 Å². The van der Waals surface area contributed by atoms with Gasteiger partial charge in [-0.05, 0) is 198 Å². The summed E-state index contributed by atoms with van der Waals surface area (Å²) in [6.45, 7) is 41.0. The van der Waals surface area contributed by atoms with Gasteiger partial charge in [0.1, 0.15) is 0 Å². The molecule has 3 aliphatic heterocycles. The molecular formula is C85H94BN3. The largest absolute Gasteiger partial charge is 0.334 e. The van der Waals surface area contributed by atoms with E-state index >= 15 is 0 Å². The molecule has 2 unspecified atom stereocenters. The van der Waals surface area contributed by atoms with E-state index in [0.29, 0.717) is 0 Å². The quantitative estimate of drug-likeness (QED) is 0.154. The zero-order valence-electron chi connectivity index (χ0n) is 56.6. The number of nitrogens with zero attached hydrogens (tertiary/aromatic N) is 3. The summed E-state index contributed by atoms with van der Waals surface area (Å²) in [5.41, 5.74) is 29.5. The van der Waals surface area contributed by atoms with E-state index in [1.54, 1.807) is 0 Å². The van der Waals surface area contributed by atoms with Crippen LogP contribution in [-0.4, -0.2) is 12.3 Å². The summed E-state index contributed by atoms with van der Waals surface area (Å²) in [6.07, 6.45) is 6.85. The lowest BCUT2D eigenvalue weighted by molar-refractivity contribution is 0.215. The first kappa shape index (κ1) is 59.1. The Hall–Kier alpha value is -7.56. The SMILES string of the molecule is CC(C)(C)c1ccc(C23CCCCC2(C)N(c2ccc4c(c2)N(c2ccc(C(C)(C)C)cc2-c2ccccc2)c2cc(C(C)(C)C)cc5c2B4c2cc4c(cc2N5c2ccc(C(C)(C)C)cc2-c2ccccc2)C(C)(C)CCC4(C)C)c2ccccc23)cc1. The van der Waals surface area contributed by atoms with Crippen molar-refractivity contribution in [2.75, 3.05) is 14.7 Å². The molecule has 9 aromatic rings. The second kappa shape index (κ2) is 20.2. The van der Waals surface area contributed by atoms with Crippen LogP contribution < -0.4 is 31.1 Å². The minimum absolute atomic E-state index is 0.0155. The van der Waals surface area contributed by atoms with Gasteiger partial charge >= 0.3 is 0 Å². The van der Waals surface area contributed by atoms with Gasteiger partial charge in [0.15, 0.2) is 0 Å². The molecule has 452 valence electrons. The number of hydrogen-bond acceptors (Lipinski definition) is 3. The van der Waals surface area contributed by atoms with E-state index < -0.39 is 0 Å². The lowest BCUT2D eigenvalue weighted by atomic mass is 9.33. The van der Waals surface area contributed by atoms with E-state index in [1.807, 2.05) is 0 Å². The predicted octanol–water partition coefficient (Wildman–Crippen LogP) is 21.4. The third kappa shape index (κ3) is 9.24. The number of benzene rings is 9. The molecule has 1 saturated carbocycles. The fourth-order valence-corrected chi connectivity index (χ4v) is 16.9. The number of hydrogen-bond donors (Lipinski definition) is 0. The van der Waals surface area contributed by atoms with Gasteiger partial charge in [-0.25, -0.2) is 0 Å². The molecule has 0 radical (unpaired) electrons. The van der Waals surface area contributed by atoms with Crippen molar-refractivity contribution in [2.45, 2.75) is 200 Å². The van der Waals surface area contributed by atoms with Gasteiger partial charge in [-0.15, -0.1) is 0 Å². The third-order valence-electron chi connectivity index (χ3n) is 22.3. The minimum atomic E-state index is -0.256. The number of anilines is 8. The van der Waals surface area contributed by atoms with Gasteiger partial charge in [0.25, 0.3) is 6.71 Å². The Bertz CT molecular complexity index is 4270. The van der Waals surface area contributed by atoms with E-state index in [4.69, 9.17) is 0 Å². The summed E-state index contributed by atoms with van der Waals surface area (Å²) in [7, 11) is 0. The van der Waals surface area contributed by atoms with Crippen LogP contribution in [0.3, 0.4) is 0 Å². The van der Waals surface area contributed by atoms with E-state index in [1.165, 1.54) is 141 Å². The van der Waals surface area contributed by atoms with Crippen molar-refractivity contribution in [3.8, 4) is 22.3 Å². The van der Waals surface area contributed by atoms with E-state index in [0.717, 1.165) is 25.7 Å². The van der Waals surface area contributed by atoms with Gasteiger partial charge in [0.2, 0.25) is 0 Å². The van der Waals surface area contributed by atoms with Gasteiger partial charge in [0, 0.05) is 50.7 Å². The molecule has 5 aliphatic rings. The van der Waals surface area contributed by atoms with Crippen molar-refractivity contribution in [1.82, 2.24) is 0 Å². The molecule has 0 spiro atoms. The van der Waals surface area contributed by atoms with E-state index in [2.05, 4.69) is 320 Å². The highest BCUT2D eigenvalue weighted by molar-refractivity contribution is 7.00. The van der Waals surface area contributed by atoms with Crippen LogP contribution in [0.15, 0.2) is 188 Å². The fraction of sp³-hybridized carbons (Fsp3) is 0.365. The normalized spacial score (nSPS) is 19.9. The third-order valence-corrected chi connectivity index (χ3v) is 22.3. The van der Waals surface area contributed by atoms with E-state index in [9.17, 15) is 0 Å². The Morgan fingerprint density at radius 2 is 0.820 bits per heavy atom. The molecule has 2 aliphatic carbocycles. The summed E-state index contributed by atoms with van der Waals surface area (Å²) in [6, 6.07) is 75.1. The maximum atomic E-state index is 2.83. The first-order chi connectivity index (χ1) is 42.0. The minimum Gasteiger partial charge on any atom is -0.334 e. The standard InChI is InChI=1S/C85H94BN3/c1-78(2,3)57-34-36-58(37-35-57)85-45-27-26-44-84(85,17)89(72-33-25-24-32-65(72)85)62-40-41-68-73(52-62)87(70-42-38-59(79(4,5)6)48-63(70)55-28-20-18-21-29-55)75-50-61(81(10,11)12)51-76-77(75)86(68)69-53-66-67(83(15,16)47-46-82(66,13)14)54-74(69)88(76)71-43-39-60(80(7,8)9)49-64(71)56-30-22-19-23-31-56/h18-25,28-43,48-54H,26-27,44-47H2,1-17H3. The van der Waals surface area contributed by atoms with Gasteiger partial charge in [-0.3, -0.25) is 0 Å². The van der Waals surface area contributed by atoms with E-state index in [-0.39, 0.29) is 50.2 Å². The first-order valence-electron chi connectivity index (χ1n) is 33.5. The number of para-hydroxylation sites is 1. The van der Waals surface area contributed by atoms with Crippen LogP contribution in [0.5, 0.6) is 0 Å². The second-order valence-corrected chi connectivity index (χ2v) is 33.0. The molecule has 1 fully saturated rings. The maximum Gasteiger partial charge on any atom is 0.252 e. The second-order valence-electron chi connectivity index (χ2n) is 33.0. The predicted molar refractivity (Wildman–Crippen MR) is 384 cm³/mol. The lowest BCUT2D eigenvalue weighted by Crippen LogP contribution is -2.62. The van der Waals surface area contributed by atoms with Gasteiger partial charge < -0.3 is 14.7 Å². The van der Waals surface area contributed by atoms with Crippen LogP contribution in [0, 0.1) is 0 Å². The Morgan fingerprint density at radius 3 is 1.35 bits per heavy atom. The maximum absolute atomic E-state index is 2.83. The van der Waals surface area contributed by atoms with Crippen LogP contribution in [0.2, 0.25) is 0 Å². The first-order valence-corrected chi connectivity index (χ1v) is 33.5. The molecule has 0 aromatic heterocycles. The highest BCUT2D eigenvalue weighted by Crippen LogP contribution is 2.64. The van der Waals surface area contributed by atoms with Crippen molar-refractivity contribution in [1.29, 1.82) is 0 Å². The topological polar surface area (TPSA) is 9.72 Å². The smallest absolute Gasteiger partial charge is 0.252 e. The zero-order valence-corrected chi connectivity index (χ0v) is 56.6. The summed E-state index contributed by atoms with van der Waals surface area (Å²) in [5, 5.41) is 0. The Balaban J connectivity index is 1.11. The average Bonchev–Trinajstić information content (AvgIpc) is 1.68. The van der Waals surface area contributed by atoms with Crippen LogP contribution in [0.1, 0.15) is 201 Å². The van der Waals surface area contributed by atoms with Crippen molar-refractivity contribution in [3.05, 3.63) is 233 Å². The fourth-order valence-electron chi connectivity index (χ4n) is 16.9. The number of rotatable bonds is 6. The summed E-state index contributed by atoms with van der Waals surface area (Å²) in [4.78, 5) is 8.32. The molecule has 0 saturated heterocycles. The van der Waals surface area contributed by atoms with Crippen LogP contribution in [0.4, 0.5) is 45.5 Å². The van der Waals surface area contributed by atoms with Crippen LogP contribution in [-0.2, 0) is 37.9 Å². The summed E-state index contributed by atoms with van der Waals surface area (Å²) in [5.74, 6) is 0. The van der Waals surface area contributed by atoms with Crippen molar-refractivity contribution in [2.24, 2.45) is 0 Å². The summed E-state index contributed by atoms with van der Waals surface area (Å²) < 4.78 is 0. The average molecular weight is 1170 g/mol. The summed E-state index contributed by atoms with van der Waals surface area (Å²) >= 11 is 0. The lowest BCUT2D eigenvalue weighted by Gasteiger charge is -2.52. The van der Waals surface area contributed by atoms with Gasteiger partial charge in [-0.1, -0.05) is 251 Å². The molecule has 3 heterocycles. The monoisotopic (exact) mass is 1170 g/mol. The molecule has 9 aromatic carbocycles. The Labute approximate surface area is 534 Å². The molecular weight excluding hydrogens is 1070 g/mol. The Morgan fingerprint density at radius 1 is 0.348 bits per heavy atom. The van der Waals surface area contributed by atoms with Crippen molar-refractivity contribution >= 4 is 68.6 Å². The highest BCUT2D eigenvalue weighted by atomic mass is 15.3. The highest BCUT2D eigenvalue weighted by Gasteiger charge is 2.61. The number of fused-ring (bicyclic) bond motifs is 8. The molecule has 4 heteroatoms. The zero-order chi connectivity index (χ0) is 62.8. The van der Waals surface area contributed by atoms with Crippen LogP contribution >= 0.6 is 0 Å². The molecule has 0 bridgehead atoms. The molecule has 3 nitrogen and oxygen atoms in total. The molecule has 14 rings (SSSR count). The molecule has 2 atom stereocenters. The molecule has 0 N–H and O–H groups in total. The van der Waals surface area contributed by atoms with Crippen molar-refractivity contribution in [3.63, 3.8) is 0 Å². The Kier molecular flexibility index (Phi) is 13.4. The molecule has 0 amide bonds. The molecule has 89 heavy (non-hydrogen) atoms. The van der Waals surface area contributed by atoms with Crippen molar-refractivity contribution < 1.29 is 0 Å². The van der Waals surface area contributed by atoms with Gasteiger partial charge in [0.05, 0.1) is 16.9 Å².